The molecule has 0 amide bonds. The summed E-state index contributed by atoms with van der Waals surface area (Å²) in [6.45, 7) is 4.25. The molecule has 0 aliphatic rings. The molecule has 115 valence electrons. The summed E-state index contributed by atoms with van der Waals surface area (Å²) in [6, 6.07) is 29.7. The molecule has 0 spiro atoms. The molecule has 0 N–H and O–H groups in total. The minimum absolute atomic E-state index is 0.0740. The Hall–Kier alpha value is -2.16. The summed E-state index contributed by atoms with van der Waals surface area (Å²) in [6.07, 6.45) is 0.0740. The first kappa shape index (κ1) is 15.7. The maximum atomic E-state index is 6.55. The quantitative estimate of drug-likeness (QED) is 0.649. The molecule has 1 radical (unpaired) electrons. The molecule has 0 aromatic heterocycles. The molecular formula is C21H21OSi. The number of benzene rings is 3. The van der Waals surface area contributed by atoms with Crippen LogP contribution >= 0.6 is 0 Å². The van der Waals surface area contributed by atoms with Crippen LogP contribution in [-0.4, -0.2) is 9.04 Å². The Kier molecular flexibility index (Phi) is 5.06. The smallest absolute Gasteiger partial charge is 0.283 e. The SMILES string of the molecule is Cc1ccc(C(C)O[Si](c2ccccc2)c2ccccc2)cc1. The summed E-state index contributed by atoms with van der Waals surface area (Å²) < 4.78 is 6.55. The second-order valence-corrected chi connectivity index (χ2v) is 7.78. The van der Waals surface area contributed by atoms with E-state index >= 15 is 0 Å². The first-order valence-corrected chi connectivity index (χ1v) is 9.36. The molecular weight excluding hydrogens is 296 g/mol. The van der Waals surface area contributed by atoms with E-state index in [0.717, 1.165) is 0 Å². The van der Waals surface area contributed by atoms with Crippen LogP contribution in [0.25, 0.3) is 0 Å². The normalized spacial score (nSPS) is 12.3. The van der Waals surface area contributed by atoms with Crippen LogP contribution in [0.3, 0.4) is 0 Å². The molecule has 0 saturated heterocycles. The van der Waals surface area contributed by atoms with Gasteiger partial charge in [-0.15, -0.1) is 0 Å². The van der Waals surface area contributed by atoms with Gasteiger partial charge in [0, 0.05) is 0 Å². The second kappa shape index (κ2) is 7.40. The molecule has 1 nitrogen and oxygen atoms in total. The molecule has 3 rings (SSSR count). The lowest BCUT2D eigenvalue weighted by Crippen LogP contribution is -2.45. The third-order valence-corrected chi connectivity index (χ3v) is 6.22. The van der Waals surface area contributed by atoms with E-state index < -0.39 is 9.04 Å². The lowest BCUT2D eigenvalue weighted by molar-refractivity contribution is 0.237. The fraction of sp³-hybridized carbons (Fsp3) is 0.143. The van der Waals surface area contributed by atoms with Crippen LogP contribution < -0.4 is 10.4 Å². The predicted molar refractivity (Wildman–Crippen MR) is 98.6 cm³/mol. The Bertz CT molecular complexity index is 683. The van der Waals surface area contributed by atoms with Crippen LogP contribution in [0.5, 0.6) is 0 Å². The highest BCUT2D eigenvalue weighted by atomic mass is 28.3. The highest BCUT2D eigenvalue weighted by Gasteiger charge is 2.22. The largest absolute Gasteiger partial charge is 0.400 e. The van der Waals surface area contributed by atoms with Gasteiger partial charge in [0.1, 0.15) is 0 Å². The molecule has 0 aliphatic heterocycles. The molecule has 0 bridgehead atoms. The average molecular weight is 317 g/mol. The van der Waals surface area contributed by atoms with Crippen molar-refractivity contribution in [1.82, 2.24) is 0 Å². The first-order chi connectivity index (χ1) is 11.2. The van der Waals surface area contributed by atoms with E-state index in [2.05, 4.69) is 98.8 Å². The van der Waals surface area contributed by atoms with Crippen molar-refractivity contribution in [1.29, 1.82) is 0 Å². The van der Waals surface area contributed by atoms with Gasteiger partial charge in [-0.05, 0) is 29.8 Å². The summed E-state index contributed by atoms with van der Waals surface area (Å²) in [7, 11) is -1.26. The number of hydrogen-bond acceptors (Lipinski definition) is 1. The Morgan fingerprint density at radius 3 is 1.65 bits per heavy atom. The highest BCUT2D eigenvalue weighted by molar-refractivity contribution is 6.80. The van der Waals surface area contributed by atoms with Crippen molar-refractivity contribution < 1.29 is 4.43 Å². The van der Waals surface area contributed by atoms with Crippen molar-refractivity contribution in [2.75, 3.05) is 0 Å². The minimum atomic E-state index is -1.26. The summed E-state index contributed by atoms with van der Waals surface area (Å²) in [5.74, 6) is 0. The molecule has 0 heterocycles. The zero-order valence-electron chi connectivity index (χ0n) is 13.6. The van der Waals surface area contributed by atoms with E-state index in [1.165, 1.54) is 21.5 Å². The topological polar surface area (TPSA) is 9.23 Å². The Morgan fingerprint density at radius 1 is 0.696 bits per heavy atom. The standard InChI is InChI=1S/C21H21OSi/c1-17-13-15-19(16-14-17)18(2)22-23(20-9-5-3-6-10-20)21-11-7-4-8-12-21/h3-16,18H,1-2H3. The van der Waals surface area contributed by atoms with E-state index in [-0.39, 0.29) is 6.10 Å². The minimum Gasteiger partial charge on any atom is -0.400 e. The first-order valence-electron chi connectivity index (χ1n) is 7.95. The van der Waals surface area contributed by atoms with E-state index in [0.29, 0.717) is 0 Å². The lowest BCUT2D eigenvalue weighted by atomic mass is 10.1. The van der Waals surface area contributed by atoms with E-state index in [4.69, 9.17) is 4.43 Å². The van der Waals surface area contributed by atoms with Gasteiger partial charge >= 0.3 is 0 Å². The average Bonchev–Trinajstić information content (AvgIpc) is 2.61. The Morgan fingerprint density at radius 2 is 1.17 bits per heavy atom. The van der Waals surface area contributed by atoms with Gasteiger partial charge in [0.05, 0.1) is 6.10 Å². The van der Waals surface area contributed by atoms with Gasteiger partial charge in [-0.25, -0.2) is 0 Å². The molecule has 0 saturated carbocycles. The zero-order valence-corrected chi connectivity index (χ0v) is 14.6. The molecule has 3 aromatic rings. The molecule has 0 fully saturated rings. The van der Waals surface area contributed by atoms with Gasteiger partial charge in [0.2, 0.25) is 0 Å². The van der Waals surface area contributed by atoms with Gasteiger partial charge in [-0.2, -0.15) is 0 Å². The van der Waals surface area contributed by atoms with Gasteiger partial charge in [-0.3, -0.25) is 0 Å². The van der Waals surface area contributed by atoms with E-state index in [9.17, 15) is 0 Å². The predicted octanol–water partition coefficient (Wildman–Crippen LogP) is 3.88. The van der Waals surface area contributed by atoms with Crippen molar-refractivity contribution in [3.05, 3.63) is 96.1 Å². The van der Waals surface area contributed by atoms with Crippen LogP contribution in [0.15, 0.2) is 84.9 Å². The highest BCUT2D eigenvalue weighted by Crippen LogP contribution is 2.18. The van der Waals surface area contributed by atoms with Gasteiger partial charge < -0.3 is 4.43 Å². The number of hydrogen-bond donors (Lipinski definition) is 0. The fourth-order valence-corrected chi connectivity index (χ4v) is 4.65. The van der Waals surface area contributed by atoms with Crippen molar-refractivity contribution in [2.45, 2.75) is 20.0 Å². The zero-order chi connectivity index (χ0) is 16.1. The summed E-state index contributed by atoms with van der Waals surface area (Å²) >= 11 is 0. The van der Waals surface area contributed by atoms with Crippen LogP contribution in [0.1, 0.15) is 24.2 Å². The van der Waals surface area contributed by atoms with Gasteiger partial charge in [0.15, 0.2) is 0 Å². The number of rotatable bonds is 5. The van der Waals surface area contributed by atoms with Gasteiger partial charge in [0.25, 0.3) is 9.04 Å². The van der Waals surface area contributed by atoms with Crippen LogP contribution in [0.2, 0.25) is 0 Å². The molecule has 2 heteroatoms. The van der Waals surface area contributed by atoms with E-state index in [1.54, 1.807) is 0 Å². The molecule has 23 heavy (non-hydrogen) atoms. The molecule has 1 atom stereocenters. The van der Waals surface area contributed by atoms with Crippen LogP contribution in [0, 0.1) is 6.92 Å². The molecule has 0 aliphatic carbocycles. The van der Waals surface area contributed by atoms with Crippen molar-refractivity contribution in [3.8, 4) is 0 Å². The lowest BCUT2D eigenvalue weighted by Gasteiger charge is -2.22. The summed E-state index contributed by atoms with van der Waals surface area (Å²) in [4.78, 5) is 0. The Labute approximate surface area is 140 Å². The van der Waals surface area contributed by atoms with E-state index in [1.807, 2.05) is 0 Å². The molecule has 3 aromatic carbocycles. The fourth-order valence-electron chi connectivity index (χ4n) is 2.56. The Balaban J connectivity index is 1.88. The summed E-state index contributed by atoms with van der Waals surface area (Å²) in [5, 5.41) is 2.56. The third-order valence-electron chi connectivity index (χ3n) is 3.91. The van der Waals surface area contributed by atoms with Crippen molar-refractivity contribution in [3.63, 3.8) is 0 Å². The van der Waals surface area contributed by atoms with Crippen molar-refractivity contribution in [2.24, 2.45) is 0 Å². The maximum absolute atomic E-state index is 6.55. The number of aryl methyl sites for hydroxylation is 1. The van der Waals surface area contributed by atoms with Crippen LogP contribution in [0.4, 0.5) is 0 Å². The monoisotopic (exact) mass is 317 g/mol. The van der Waals surface area contributed by atoms with Crippen molar-refractivity contribution >= 4 is 19.4 Å². The maximum Gasteiger partial charge on any atom is 0.283 e. The van der Waals surface area contributed by atoms with Gasteiger partial charge in [-0.1, -0.05) is 90.5 Å². The second-order valence-electron chi connectivity index (χ2n) is 5.73. The summed E-state index contributed by atoms with van der Waals surface area (Å²) in [5.41, 5.74) is 2.50. The molecule has 1 unspecified atom stereocenters. The third kappa shape index (κ3) is 3.98. The van der Waals surface area contributed by atoms with Crippen LogP contribution in [-0.2, 0) is 4.43 Å².